The van der Waals surface area contributed by atoms with Gasteiger partial charge in [-0.1, -0.05) is 6.07 Å². The summed E-state index contributed by atoms with van der Waals surface area (Å²) in [6, 6.07) is 6.10. The number of nitrogens with zero attached hydrogens (tertiary/aromatic N) is 4. The molecule has 1 amide bonds. The maximum Gasteiger partial charge on any atom is 0.325 e. The molecule has 3 heterocycles. The number of H-pyrrole nitrogens is 1. The van der Waals surface area contributed by atoms with E-state index >= 15 is 0 Å². The Balaban J connectivity index is 1.51. The highest BCUT2D eigenvalue weighted by Gasteiger charge is 2.31. The van der Waals surface area contributed by atoms with Gasteiger partial charge in [0, 0.05) is 73.3 Å². The zero-order valence-electron chi connectivity index (χ0n) is 18.5. The summed E-state index contributed by atoms with van der Waals surface area (Å²) >= 11 is 0. The van der Waals surface area contributed by atoms with Crippen LogP contribution in [0, 0.1) is 0 Å². The molecule has 0 radical (unpaired) electrons. The van der Waals surface area contributed by atoms with Gasteiger partial charge in [-0.3, -0.25) is 19.3 Å². The zero-order valence-corrected chi connectivity index (χ0v) is 18.5. The minimum atomic E-state index is -1.03. The Morgan fingerprint density at radius 2 is 1.85 bits per heavy atom. The van der Waals surface area contributed by atoms with E-state index in [0.717, 1.165) is 18.4 Å². The van der Waals surface area contributed by atoms with E-state index in [2.05, 4.69) is 25.2 Å². The Labute approximate surface area is 195 Å². The van der Waals surface area contributed by atoms with Crippen LogP contribution in [0.4, 0.5) is 11.6 Å². The Bertz CT molecular complexity index is 1180. The predicted molar refractivity (Wildman–Crippen MR) is 125 cm³/mol. The fraction of sp³-hybridized carbons (Fsp3) is 0.348. The number of amides is 1. The van der Waals surface area contributed by atoms with Crippen LogP contribution < -0.4 is 10.2 Å². The van der Waals surface area contributed by atoms with Gasteiger partial charge in [-0.2, -0.15) is 0 Å². The van der Waals surface area contributed by atoms with Crippen molar-refractivity contribution in [3.05, 3.63) is 48.4 Å². The van der Waals surface area contributed by atoms with E-state index in [9.17, 15) is 19.5 Å². The van der Waals surface area contributed by atoms with Crippen LogP contribution >= 0.6 is 0 Å². The van der Waals surface area contributed by atoms with Crippen LogP contribution in [0.2, 0.25) is 0 Å². The smallest absolute Gasteiger partial charge is 0.325 e. The lowest BCUT2D eigenvalue weighted by atomic mass is 10.0. The minimum absolute atomic E-state index is 0.121. The standard InChI is InChI=1S/C23H26N6O5/c30-19(5-6-20(31)32)27-15-3-4-16-17(14-26-18(16)13-15)21(22(33)34)28-9-2-10-29(12-11-28)23-24-7-1-8-25-23/h1,3-4,7-8,13-14,21,26H,2,5-6,9-12H2,(H,27,30)(H,31,32)(H,33,34). The summed E-state index contributed by atoms with van der Waals surface area (Å²) in [5, 5.41) is 22.3. The van der Waals surface area contributed by atoms with Crippen molar-refractivity contribution in [1.82, 2.24) is 19.9 Å². The van der Waals surface area contributed by atoms with Gasteiger partial charge in [0.1, 0.15) is 6.04 Å². The van der Waals surface area contributed by atoms with Gasteiger partial charge < -0.3 is 25.4 Å². The quantitative estimate of drug-likeness (QED) is 0.391. The number of carbonyl (C=O) groups excluding carboxylic acids is 1. The first-order valence-corrected chi connectivity index (χ1v) is 11.0. The fourth-order valence-corrected chi connectivity index (χ4v) is 4.23. The maximum atomic E-state index is 12.3. The van der Waals surface area contributed by atoms with Crippen molar-refractivity contribution < 1.29 is 24.6 Å². The summed E-state index contributed by atoms with van der Waals surface area (Å²) in [7, 11) is 0. The number of aromatic nitrogens is 3. The first-order chi connectivity index (χ1) is 16.4. The van der Waals surface area contributed by atoms with Gasteiger partial charge in [0.05, 0.1) is 6.42 Å². The average molecular weight is 466 g/mol. The highest BCUT2D eigenvalue weighted by atomic mass is 16.4. The molecular weight excluding hydrogens is 440 g/mol. The molecule has 1 unspecified atom stereocenters. The van der Waals surface area contributed by atoms with Crippen molar-refractivity contribution in [2.45, 2.75) is 25.3 Å². The molecule has 0 saturated carbocycles. The molecule has 3 aromatic rings. The Kier molecular flexibility index (Phi) is 7.02. The van der Waals surface area contributed by atoms with E-state index in [4.69, 9.17) is 5.11 Å². The van der Waals surface area contributed by atoms with Crippen LogP contribution in [0.5, 0.6) is 0 Å². The van der Waals surface area contributed by atoms with Crippen molar-refractivity contribution in [1.29, 1.82) is 0 Å². The lowest BCUT2D eigenvalue weighted by Crippen LogP contribution is -2.37. The van der Waals surface area contributed by atoms with Gasteiger partial charge >= 0.3 is 11.9 Å². The van der Waals surface area contributed by atoms with E-state index in [1.54, 1.807) is 42.9 Å². The van der Waals surface area contributed by atoms with E-state index in [1.165, 1.54) is 0 Å². The van der Waals surface area contributed by atoms with Crippen molar-refractivity contribution in [3.63, 3.8) is 0 Å². The fourth-order valence-electron chi connectivity index (χ4n) is 4.23. The number of nitrogens with one attached hydrogen (secondary N) is 2. The molecule has 1 fully saturated rings. The summed E-state index contributed by atoms with van der Waals surface area (Å²) in [6.07, 6.45) is 5.49. The molecule has 11 heteroatoms. The molecule has 34 heavy (non-hydrogen) atoms. The first kappa shape index (κ1) is 23.2. The van der Waals surface area contributed by atoms with E-state index in [0.29, 0.717) is 42.4 Å². The van der Waals surface area contributed by atoms with Crippen molar-refractivity contribution in [3.8, 4) is 0 Å². The molecule has 11 nitrogen and oxygen atoms in total. The molecule has 1 saturated heterocycles. The van der Waals surface area contributed by atoms with Gasteiger partial charge in [-0.15, -0.1) is 0 Å². The number of rotatable bonds is 8. The summed E-state index contributed by atoms with van der Waals surface area (Å²) in [5.41, 5.74) is 1.85. The van der Waals surface area contributed by atoms with Crippen LogP contribution in [-0.4, -0.2) is 74.1 Å². The molecule has 4 rings (SSSR count). The number of carboxylic acid groups (broad SMARTS) is 2. The molecule has 2 aromatic heterocycles. The predicted octanol–water partition coefficient (Wildman–Crippen LogP) is 2.10. The summed E-state index contributed by atoms with van der Waals surface area (Å²) in [6.45, 7) is 2.51. The summed E-state index contributed by atoms with van der Waals surface area (Å²) in [5.74, 6) is -1.72. The summed E-state index contributed by atoms with van der Waals surface area (Å²) < 4.78 is 0. The number of benzene rings is 1. The number of hydrogen-bond acceptors (Lipinski definition) is 7. The highest BCUT2D eigenvalue weighted by Crippen LogP contribution is 2.31. The van der Waals surface area contributed by atoms with Crippen molar-refractivity contribution in [2.24, 2.45) is 0 Å². The minimum Gasteiger partial charge on any atom is -0.481 e. The van der Waals surface area contributed by atoms with Crippen LogP contribution in [-0.2, 0) is 14.4 Å². The third-order valence-electron chi connectivity index (χ3n) is 5.82. The largest absolute Gasteiger partial charge is 0.481 e. The second-order valence-electron chi connectivity index (χ2n) is 8.11. The van der Waals surface area contributed by atoms with Crippen molar-refractivity contribution in [2.75, 3.05) is 36.4 Å². The van der Waals surface area contributed by atoms with Crippen LogP contribution in [0.3, 0.4) is 0 Å². The number of carbonyl (C=O) groups is 3. The maximum absolute atomic E-state index is 12.3. The SMILES string of the molecule is O=C(O)CCC(=O)Nc1ccc2c(C(C(=O)O)N3CCCN(c4ncccn4)CC3)c[nH]c2c1. The molecule has 1 aromatic carbocycles. The number of fused-ring (bicyclic) bond motifs is 1. The number of aliphatic carboxylic acids is 2. The number of aromatic amines is 1. The highest BCUT2D eigenvalue weighted by molar-refractivity contribution is 5.96. The number of hydrogen-bond donors (Lipinski definition) is 4. The summed E-state index contributed by atoms with van der Waals surface area (Å²) in [4.78, 5) is 50.7. The van der Waals surface area contributed by atoms with Crippen LogP contribution in [0.1, 0.15) is 30.9 Å². The van der Waals surface area contributed by atoms with Crippen LogP contribution in [0.25, 0.3) is 10.9 Å². The monoisotopic (exact) mass is 466 g/mol. The molecular formula is C23H26N6O5. The number of carboxylic acids is 2. The third-order valence-corrected chi connectivity index (χ3v) is 5.82. The Morgan fingerprint density at radius 3 is 2.59 bits per heavy atom. The van der Waals surface area contributed by atoms with Crippen molar-refractivity contribution >= 4 is 40.4 Å². The molecule has 1 aliphatic heterocycles. The molecule has 1 atom stereocenters. The van der Waals surface area contributed by atoms with Gasteiger partial charge in [-0.25, -0.2) is 9.97 Å². The second kappa shape index (κ2) is 10.3. The lowest BCUT2D eigenvalue weighted by molar-refractivity contribution is -0.143. The lowest BCUT2D eigenvalue weighted by Gasteiger charge is -2.27. The third kappa shape index (κ3) is 5.31. The molecule has 1 aliphatic rings. The molecule has 0 spiro atoms. The Morgan fingerprint density at radius 1 is 1.06 bits per heavy atom. The average Bonchev–Trinajstić information content (AvgIpc) is 3.06. The molecule has 0 bridgehead atoms. The normalized spacial score (nSPS) is 15.6. The molecule has 0 aliphatic carbocycles. The molecule has 4 N–H and O–H groups in total. The van der Waals surface area contributed by atoms with E-state index < -0.39 is 23.9 Å². The topological polar surface area (TPSA) is 152 Å². The van der Waals surface area contributed by atoms with Gasteiger partial charge in [0.15, 0.2) is 0 Å². The zero-order chi connectivity index (χ0) is 24.1. The van der Waals surface area contributed by atoms with Gasteiger partial charge in [-0.05, 0) is 24.6 Å². The van der Waals surface area contributed by atoms with Crippen LogP contribution in [0.15, 0.2) is 42.9 Å². The first-order valence-electron chi connectivity index (χ1n) is 11.0. The molecule has 178 valence electrons. The van der Waals surface area contributed by atoms with Gasteiger partial charge in [0.2, 0.25) is 11.9 Å². The second-order valence-corrected chi connectivity index (χ2v) is 8.11. The number of anilines is 2. The Hall–Kier alpha value is -3.99. The van der Waals surface area contributed by atoms with Gasteiger partial charge in [0.25, 0.3) is 0 Å². The van der Waals surface area contributed by atoms with E-state index in [-0.39, 0.29) is 12.8 Å². The van der Waals surface area contributed by atoms with E-state index in [1.807, 2.05) is 4.90 Å².